The van der Waals surface area contributed by atoms with Crippen molar-refractivity contribution in [1.29, 1.82) is 0 Å². The molecular formula is C53H38F6N4O8S2. The fourth-order valence-corrected chi connectivity index (χ4v) is 11.3. The molecule has 10 rings (SSSR count). The zero-order chi connectivity index (χ0) is 52.2. The van der Waals surface area contributed by atoms with Crippen LogP contribution in [0.3, 0.4) is 0 Å². The maximum Gasteiger partial charge on any atom is 0.411 e. The summed E-state index contributed by atoms with van der Waals surface area (Å²) in [5.74, 6) is -1.41. The van der Waals surface area contributed by atoms with E-state index in [4.69, 9.17) is 32.4 Å². The Labute approximate surface area is 412 Å². The van der Waals surface area contributed by atoms with E-state index in [-0.39, 0.29) is 45.5 Å². The molecule has 12 nitrogen and oxygen atoms in total. The molecule has 20 heteroatoms. The molecule has 0 amide bonds. The van der Waals surface area contributed by atoms with Crippen LogP contribution in [0, 0.1) is 0 Å². The van der Waals surface area contributed by atoms with Crippen LogP contribution in [0.15, 0.2) is 155 Å². The van der Waals surface area contributed by atoms with Crippen molar-refractivity contribution < 1.29 is 61.8 Å². The van der Waals surface area contributed by atoms with Gasteiger partial charge in [-0.15, -0.1) is 0 Å². The van der Waals surface area contributed by atoms with E-state index < -0.39 is 70.3 Å². The Balaban J connectivity index is 1.04. The Kier molecular flexibility index (Phi) is 11.3. The lowest BCUT2D eigenvalue weighted by Crippen LogP contribution is -2.54. The predicted molar refractivity (Wildman–Crippen MR) is 263 cm³/mol. The van der Waals surface area contributed by atoms with Crippen LogP contribution in [-0.2, 0) is 38.5 Å². The number of hydrogen-bond donors (Lipinski definition) is 6. The fraction of sp³-hybridized carbons (Fsp3) is 0.0943. The number of fused-ring (bicyclic) bond motifs is 6. The van der Waals surface area contributed by atoms with Gasteiger partial charge in [-0.3, -0.25) is 9.11 Å². The van der Waals surface area contributed by atoms with Crippen molar-refractivity contribution in [1.82, 2.24) is 0 Å². The van der Waals surface area contributed by atoms with E-state index in [1.165, 1.54) is 0 Å². The van der Waals surface area contributed by atoms with Gasteiger partial charge in [0.1, 0.15) is 32.8 Å². The van der Waals surface area contributed by atoms with E-state index in [9.17, 15) is 25.9 Å². The van der Waals surface area contributed by atoms with Crippen molar-refractivity contribution in [2.75, 3.05) is 22.9 Å². The van der Waals surface area contributed by atoms with Gasteiger partial charge in [0.05, 0.1) is 22.7 Å². The maximum atomic E-state index is 15.5. The molecule has 10 N–H and O–H groups in total. The van der Waals surface area contributed by atoms with Crippen LogP contribution in [0.5, 0.6) is 23.0 Å². The van der Waals surface area contributed by atoms with E-state index in [2.05, 4.69) is 0 Å². The SMILES string of the molecule is Nc1c(S(=O)(=O)O)cc(Oc2ccc(C(c3ccc(Oc4cc(S(=O)(=O)O)c(N)c(N)c4-c4cccc5c4Cc4ccccc4-5)cc3)(C(F)(F)F)C(F)(F)F)cc2)c(-c2cccc3c2Cc2ccccc2-3)c1N. The molecule has 2 aliphatic carbocycles. The highest BCUT2D eigenvalue weighted by atomic mass is 32.2. The Morgan fingerprint density at radius 2 is 0.753 bits per heavy atom. The second kappa shape index (κ2) is 17.0. The van der Waals surface area contributed by atoms with E-state index in [0.717, 1.165) is 80.9 Å². The lowest BCUT2D eigenvalue weighted by atomic mass is 9.73. The van der Waals surface area contributed by atoms with Gasteiger partial charge >= 0.3 is 12.4 Å². The quantitative estimate of drug-likeness (QED) is 0.0427. The number of nitrogens with two attached hydrogens (primary N) is 4. The summed E-state index contributed by atoms with van der Waals surface area (Å²) in [4.78, 5) is -1.72. The minimum atomic E-state index is -6.06. The summed E-state index contributed by atoms with van der Waals surface area (Å²) in [5, 5.41) is 0. The van der Waals surface area contributed by atoms with Crippen LogP contribution in [0.4, 0.5) is 49.1 Å². The number of halogens is 6. The molecule has 0 heterocycles. The summed E-state index contributed by atoms with van der Waals surface area (Å²) in [6.45, 7) is 0. The van der Waals surface area contributed by atoms with Gasteiger partial charge in [-0.2, -0.15) is 43.2 Å². The van der Waals surface area contributed by atoms with Gasteiger partial charge in [0, 0.05) is 23.3 Å². The molecule has 372 valence electrons. The topological polar surface area (TPSA) is 231 Å². The smallest absolute Gasteiger partial charge is 0.411 e. The normalized spacial score (nSPS) is 13.3. The average Bonchev–Trinajstić information content (AvgIpc) is 3.90. The van der Waals surface area contributed by atoms with Gasteiger partial charge in [0.25, 0.3) is 20.2 Å². The second-order valence-electron chi connectivity index (χ2n) is 17.4. The number of nitrogen functional groups attached to an aromatic ring is 4. The zero-order valence-corrected chi connectivity index (χ0v) is 39.1. The molecule has 0 aliphatic heterocycles. The molecule has 0 fully saturated rings. The van der Waals surface area contributed by atoms with Crippen LogP contribution in [0.2, 0.25) is 0 Å². The standard InChI is InChI=1S/C53H38F6N4O8S2/c54-52(55,56)51(53(57,58)59,29-15-19-31(20-16-29)70-41-25-43(72(64,65)66)47(60)49(62)45(41)37-13-5-11-35-33-9-3-1-7-27(33)23-39(35)37)30-17-21-32(22-18-30)71-42-26-44(73(67,68)69)48(61)50(63)46(42)38-14-6-12-36-34-10-4-2-8-28(34)24-40(36)38/h1-22,25-26H,23-24,60-63H2,(H,64,65,66)(H,67,68,69). The zero-order valence-electron chi connectivity index (χ0n) is 37.5. The monoisotopic (exact) mass is 1040 g/mol. The van der Waals surface area contributed by atoms with E-state index >= 15 is 26.3 Å². The first kappa shape index (κ1) is 48.6. The number of benzene rings is 8. The van der Waals surface area contributed by atoms with Crippen molar-refractivity contribution in [3.8, 4) is 67.5 Å². The summed E-state index contributed by atoms with van der Waals surface area (Å²) in [6.07, 6.45) is -11.3. The molecule has 0 saturated heterocycles. The second-order valence-corrected chi connectivity index (χ2v) is 20.2. The molecule has 2 aliphatic rings. The molecule has 0 radical (unpaired) electrons. The van der Waals surface area contributed by atoms with Gasteiger partial charge in [-0.1, -0.05) is 109 Å². The lowest BCUT2D eigenvalue weighted by molar-refractivity contribution is -0.288. The number of anilines is 4. The molecule has 8 aromatic rings. The fourth-order valence-electron chi connectivity index (χ4n) is 10.0. The van der Waals surface area contributed by atoms with Crippen LogP contribution < -0.4 is 32.4 Å². The third-order valence-electron chi connectivity index (χ3n) is 13.3. The highest BCUT2D eigenvalue weighted by Crippen LogP contribution is 2.58. The predicted octanol–water partition coefficient (Wildman–Crippen LogP) is 12.0. The van der Waals surface area contributed by atoms with Crippen LogP contribution in [0.25, 0.3) is 44.5 Å². The van der Waals surface area contributed by atoms with Crippen molar-refractivity contribution >= 4 is 43.0 Å². The number of hydrogen-bond acceptors (Lipinski definition) is 10. The van der Waals surface area contributed by atoms with Gasteiger partial charge in [-0.25, -0.2) is 0 Å². The molecule has 0 unspecified atom stereocenters. The summed E-state index contributed by atoms with van der Waals surface area (Å²) in [7, 11) is -10.1. The van der Waals surface area contributed by atoms with Gasteiger partial charge in [0.2, 0.25) is 5.41 Å². The largest absolute Gasteiger partial charge is 0.457 e. The molecule has 0 bridgehead atoms. The Morgan fingerprint density at radius 3 is 1.10 bits per heavy atom. The van der Waals surface area contributed by atoms with Gasteiger partial charge in [-0.05, 0) is 104 Å². The summed E-state index contributed by atoms with van der Waals surface area (Å²) in [5.41, 5.74) is 24.0. The van der Waals surface area contributed by atoms with Crippen molar-refractivity contribution in [3.05, 3.63) is 179 Å². The van der Waals surface area contributed by atoms with Crippen LogP contribution >= 0.6 is 0 Å². The van der Waals surface area contributed by atoms with Gasteiger partial charge < -0.3 is 32.4 Å². The Morgan fingerprint density at radius 1 is 0.425 bits per heavy atom. The first-order chi connectivity index (χ1) is 34.4. The maximum absolute atomic E-state index is 15.5. The molecule has 73 heavy (non-hydrogen) atoms. The van der Waals surface area contributed by atoms with Crippen molar-refractivity contribution in [2.24, 2.45) is 0 Å². The molecular weight excluding hydrogens is 999 g/mol. The van der Waals surface area contributed by atoms with Crippen LogP contribution in [0.1, 0.15) is 33.4 Å². The Hall–Kier alpha value is -8.04. The number of ether oxygens (including phenoxy) is 2. The van der Waals surface area contributed by atoms with E-state index in [0.29, 0.717) is 48.2 Å². The van der Waals surface area contributed by atoms with E-state index in [1.807, 2.05) is 60.7 Å². The summed E-state index contributed by atoms with van der Waals surface area (Å²) >= 11 is 0. The highest BCUT2D eigenvalue weighted by Gasteiger charge is 2.72. The molecule has 8 aromatic carbocycles. The van der Waals surface area contributed by atoms with Crippen molar-refractivity contribution in [3.63, 3.8) is 0 Å². The third-order valence-corrected chi connectivity index (χ3v) is 15.1. The molecule has 0 atom stereocenters. The highest BCUT2D eigenvalue weighted by molar-refractivity contribution is 7.86. The molecule has 0 aromatic heterocycles. The van der Waals surface area contributed by atoms with E-state index in [1.54, 1.807) is 24.3 Å². The minimum Gasteiger partial charge on any atom is -0.457 e. The Bertz CT molecular complexity index is 3580. The minimum absolute atomic E-state index is 0.0436. The molecule has 0 saturated carbocycles. The summed E-state index contributed by atoms with van der Waals surface area (Å²) < 4.78 is 175. The van der Waals surface area contributed by atoms with Crippen LogP contribution in [-0.4, -0.2) is 38.3 Å². The number of rotatable bonds is 10. The molecule has 0 spiro atoms. The first-order valence-corrected chi connectivity index (χ1v) is 24.8. The van der Waals surface area contributed by atoms with Gasteiger partial charge in [0.15, 0.2) is 0 Å². The average molecular weight is 1040 g/mol. The number of alkyl halides is 6. The first-order valence-electron chi connectivity index (χ1n) is 21.9. The van der Waals surface area contributed by atoms with Crippen molar-refractivity contribution in [2.45, 2.75) is 40.4 Å². The lowest BCUT2D eigenvalue weighted by Gasteiger charge is -2.38. The third kappa shape index (κ3) is 7.93. The summed E-state index contributed by atoms with van der Waals surface area (Å²) in [6, 6.07) is 32.7.